The lowest BCUT2D eigenvalue weighted by atomic mass is 9.85. The van der Waals surface area contributed by atoms with E-state index in [4.69, 9.17) is 14.2 Å². The number of hydrogen-bond acceptors (Lipinski definition) is 4. The van der Waals surface area contributed by atoms with Crippen molar-refractivity contribution in [2.24, 2.45) is 5.41 Å². The van der Waals surface area contributed by atoms with Gasteiger partial charge in [-0.25, -0.2) is 0 Å². The molecule has 0 amide bonds. The molecule has 110 valence electrons. The van der Waals surface area contributed by atoms with E-state index in [2.05, 4.69) is 0 Å². The minimum atomic E-state index is -1.04. The molecule has 6 heteroatoms. The number of methoxy groups -OCH3 is 1. The first-order chi connectivity index (χ1) is 9.36. The maximum atomic E-state index is 14.3. The van der Waals surface area contributed by atoms with E-state index in [1.807, 2.05) is 0 Å². The fraction of sp³-hybridized carbons (Fsp3) is 0.500. The predicted molar refractivity (Wildman–Crippen MR) is 69.1 cm³/mol. The van der Waals surface area contributed by atoms with Gasteiger partial charge in [0.15, 0.2) is 11.5 Å². The Balaban J connectivity index is 2.47. The van der Waals surface area contributed by atoms with E-state index in [9.17, 15) is 14.3 Å². The van der Waals surface area contributed by atoms with E-state index in [1.165, 1.54) is 7.11 Å². The lowest BCUT2D eigenvalue weighted by Crippen LogP contribution is -2.27. The van der Waals surface area contributed by atoms with Crippen LogP contribution in [0, 0.1) is 11.2 Å². The minimum absolute atomic E-state index is 0.00331. The normalized spacial score (nSPS) is 14.0. The highest BCUT2D eigenvalue weighted by atomic mass is 19.1. The number of carboxylic acid groups (broad SMARTS) is 1. The van der Waals surface area contributed by atoms with Crippen LogP contribution in [0.15, 0.2) is 6.07 Å². The number of halogens is 1. The third-order valence-corrected chi connectivity index (χ3v) is 3.22. The molecule has 1 aromatic carbocycles. The number of carboxylic acids is 1. The molecule has 1 N–H and O–H groups in total. The fourth-order valence-corrected chi connectivity index (χ4v) is 2.08. The first-order valence-corrected chi connectivity index (χ1v) is 6.25. The Morgan fingerprint density at radius 1 is 1.45 bits per heavy atom. The van der Waals surface area contributed by atoms with Crippen LogP contribution in [0.4, 0.5) is 4.39 Å². The largest absolute Gasteiger partial charge is 0.493 e. The average molecular weight is 284 g/mol. The third-order valence-electron chi connectivity index (χ3n) is 3.22. The van der Waals surface area contributed by atoms with Gasteiger partial charge in [0.1, 0.15) is 13.2 Å². The molecular weight excluding hydrogens is 267 g/mol. The van der Waals surface area contributed by atoms with Crippen molar-refractivity contribution >= 4 is 5.97 Å². The van der Waals surface area contributed by atoms with E-state index in [-0.39, 0.29) is 30.3 Å². The molecule has 0 aliphatic carbocycles. The van der Waals surface area contributed by atoms with Crippen LogP contribution in [0.1, 0.15) is 19.4 Å². The fourth-order valence-electron chi connectivity index (χ4n) is 2.08. The summed E-state index contributed by atoms with van der Waals surface area (Å²) in [6, 6.07) is 1.58. The summed E-state index contributed by atoms with van der Waals surface area (Å²) in [6.45, 7) is 3.75. The molecule has 0 atom stereocenters. The average Bonchev–Trinajstić information content (AvgIpc) is 2.38. The Bertz CT molecular complexity index is 539. The summed E-state index contributed by atoms with van der Waals surface area (Å²) in [5, 5.41) is 9.18. The molecule has 20 heavy (non-hydrogen) atoms. The van der Waals surface area contributed by atoms with Crippen LogP contribution in [0.5, 0.6) is 17.2 Å². The zero-order chi connectivity index (χ0) is 14.9. The molecule has 1 aromatic rings. The number of fused-ring (bicyclic) bond motifs is 1. The number of hydrogen-bond donors (Lipinski definition) is 1. The lowest BCUT2D eigenvalue weighted by Gasteiger charge is -2.24. The highest BCUT2D eigenvalue weighted by Gasteiger charge is 2.32. The summed E-state index contributed by atoms with van der Waals surface area (Å²) in [5.41, 5.74) is -0.592. The van der Waals surface area contributed by atoms with Crippen LogP contribution in [0.3, 0.4) is 0 Å². The van der Waals surface area contributed by atoms with Gasteiger partial charge in [0, 0.05) is 5.56 Å². The van der Waals surface area contributed by atoms with Gasteiger partial charge in [0.05, 0.1) is 12.5 Å². The molecule has 1 heterocycles. The monoisotopic (exact) mass is 284 g/mol. The maximum absolute atomic E-state index is 14.3. The van der Waals surface area contributed by atoms with Crippen LogP contribution < -0.4 is 14.2 Å². The number of benzene rings is 1. The van der Waals surface area contributed by atoms with Gasteiger partial charge in [-0.15, -0.1) is 0 Å². The number of aliphatic carboxylic acids is 1. The van der Waals surface area contributed by atoms with E-state index >= 15 is 0 Å². The third kappa shape index (κ3) is 2.50. The Kier molecular flexibility index (Phi) is 3.74. The Labute approximate surface area is 116 Å². The summed E-state index contributed by atoms with van der Waals surface area (Å²) >= 11 is 0. The minimum Gasteiger partial charge on any atom is -0.493 e. The quantitative estimate of drug-likeness (QED) is 0.918. The van der Waals surface area contributed by atoms with Crippen molar-refractivity contribution in [2.75, 3.05) is 20.3 Å². The number of rotatable bonds is 4. The van der Waals surface area contributed by atoms with Crippen LogP contribution in [0.2, 0.25) is 0 Å². The summed E-state index contributed by atoms with van der Waals surface area (Å²) in [6.07, 6.45) is 0.124. The van der Waals surface area contributed by atoms with Crippen molar-refractivity contribution in [1.82, 2.24) is 0 Å². The van der Waals surface area contributed by atoms with Gasteiger partial charge in [0.25, 0.3) is 0 Å². The molecule has 1 aliphatic rings. The van der Waals surface area contributed by atoms with Gasteiger partial charge in [-0.05, 0) is 26.3 Å². The molecule has 0 saturated heterocycles. The van der Waals surface area contributed by atoms with Gasteiger partial charge in [0.2, 0.25) is 11.6 Å². The molecule has 0 saturated carbocycles. The Morgan fingerprint density at radius 3 is 2.70 bits per heavy atom. The van der Waals surface area contributed by atoms with Gasteiger partial charge in [-0.3, -0.25) is 4.79 Å². The topological polar surface area (TPSA) is 65.0 Å². The molecule has 0 bridgehead atoms. The molecule has 0 fully saturated rings. The van der Waals surface area contributed by atoms with E-state index < -0.39 is 17.2 Å². The van der Waals surface area contributed by atoms with E-state index in [0.717, 1.165) is 0 Å². The first-order valence-electron chi connectivity index (χ1n) is 6.25. The van der Waals surface area contributed by atoms with Gasteiger partial charge >= 0.3 is 5.97 Å². The molecular formula is C14H17FO5. The summed E-state index contributed by atoms with van der Waals surface area (Å²) < 4.78 is 30.0. The first kappa shape index (κ1) is 14.4. The molecule has 2 rings (SSSR count). The molecule has 5 nitrogen and oxygen atoms in total. The standard InChI is InChI=1S/C14H17FO5/c1-14(2,13(16)17)7-8-6-9-12(20-5-4-19-9)10(15)11(8)18-3/h6H,4-5,7H2,1-3H3,(H,16,17). The predicted octanol–water partition coefficient (Wildman–Crippen LogP) is 2.26. The zero-order valence-corrected chi connectivity index (χ0v) is 11.7. The van der Waals surface area contributed by atoms with Crippen LogP contribution in [-0.2, 0) is 11.2 Å². The van der Waals surface area contributed by atoms with E-state index in [0.29, 0.717) is 12.2 Å². The SMILES string of the molecule is COc1c(CC(C)(C)C(=O)O)cc2c(c1F)OCCO2. The van der Waals surface area contributed by atoms with Crippen LogP contribution in [-0.4, -0.2) is 31.4 Å². The second-order valence-electron chi connectivity index (χ2n) is 5.27. The molecule has 0 aromatic heterocycles. The molecule has 1 aliphatic heterocycles. The van der Waals surface area contributed by atoms with Gasteiger partial charge in [-0.1, -0.05) is 0 Å². The van der Waals surface area contributed by atoms with Gasteiger partial charge in [-0.2, -0.15) is 4.39 Å². The lowest BCUT2D eigenvalue weighted by molar-refractivity contribution is -0.146. The van der Waals surface area contributed by atoms with Crippen LogP contribution in [0.25, 0.3) is 0 Å². The Hall–Kier alpha value is -1.98. The second-order valence-corrected chi connectivity index (χ2v) is 5.27. The van der Waals surface area contributed by atoms with Crippen molar-refractivity contribution in [3.05, 3.63) is 17.4 Å². The summed E-state index contributed by atoms with van der Waals surface area (Å²) in [7, 11) is 1.34. The molecule has 0 spiro atoms. The van der Waals surface area contributed by atoms with E-state index in [1.54, 1.807) is 19.9 Å². The van der Waals surface area contributed by atoms with Crippen molar-refractivity contribution in [1.29, 1.82) is 0 Å². The smallest absolute Gasteiger partial charge is 0.309 e. The zero-order valence-electron chi connectivity index (χ0n) is 11.7. The van der Waals surface area contributed by atoms with Gasteiger partial charge < -0.3 is 19.3 Å². The highest BCUT2D eigenvalue weighted by Crippen LogP contribution is 2.42. The highest BCUT2D eigenvalue weighted by molar-refractivity contribution is 5.74. The Morgan fingerprint density at radius 2 is 2.10 bits per heavy atom. The van der Waals surface area contributed by atoms with Crippen molar-refractivity contribution in [3.8, 4) is 17.2 Å². The summed E-state index contributed by atoms with van der Waals surface area (Å²) in [5.74, 6) is -1.31. The summed E-state index contributed by atoms with van der Waals surface area (Å²) in [4.78, 5) is 11.2. The van der Waals surface area contributed by atoms with Crippen molar-refractivity contribution in [3.63, 3.8) is 0 Å². The molecule has 0 radical (unpaired) electrons. The van der Waals surface area contributed by atoms with Crippen molar-refractivity contribution in [2.45, 2.75) is 20.3 Å². The number of carbonyl (C=O) groups is 1. The number of ether oxygens (including phenoxy) is 3. The van der Waals surface area contributed by atoms with Crippen molar-refractivity contribution < 1.29 is 28.5 Å². The molecule has 0 unspecified atom stereocenters. The van der Waals surface area contributed by atoms with Crippen LogP contribution >= 0.6 is 0 Å². The second kappa shape index (κ2) is 5.19. The maximum Gasteiger partial charge on any atom is 0.309 e.